The molecule has 0 fully saturated rings. The van der Waals surface area contributed by atoms with Crippen LogP contribution in [0, 0.1) is 0 Å². The minimum atomic E-state index is -4.46. The Morgan fingerprint density at radius 3 is 2.30 bits per heavy atom. The van der Waals surface area contributed by atoms with Crippen LogP contribution in [0.1, 0.15) is 43.4 Å². The van der Waals surface area contributed by atoms with Crippen LogP contribution in [0.5, 0.6) is 5.75 Å². The first-order valence-electron chi connectivity index (χ1n) is 9.29. The molecule has 4 nitrogen and oxygen atoms in total. The molecular weight excluding hydrogens is 531 g/mol. The summed E-state index contributed by atoms with van der Waals surface area (Å²) in [6.07, 6.45) is -3.34. The maximum atomic E-state index is 13.3. The van der Waals surface area contributed by atoms with Gasteiger partial charge in [0.15, 0.2) is 0 Å². The highest BCUT2D eigenvalue weighted by molar-refractivity contribution is 9.11. The maximum absolute atomic E-state index is 13.3. The molecule has 1 atom stereocenters. The van der Waals surface area contributed by atoms with Crippen molar-refractivity contribution >= 4 is 43.5 Å². The van der Waals surface area contributed by atoms with Crippen LogP contribution in [-0.4, -0.2) is 17.1 Å². The van der Waals surface area contributed by atoms with Gasteiger partial charge in [-0.2, -0.15) is 13.2 Å². The Morgan fingerprint density at radius 2 is 1.77 bits per heavy atom. The van der Waals surface area contributed by atoms with Crippen molar-refractivity contribution in [3.63, 3.8) is 0 Å². The molecule has 2 aromatic carbocycles. The third-order valence-electron chi connectivity index (χ3n) is 4.41. The van der Waals surface area contributed by atoms with Crippen molar-refractivity contribution in [1.82, 2.24) is 0 Å². The second kappa shape index (κ2) is 10.5. The fraction of sp³-hybridized carbons (Fsp3) is 0.381. The van der Waals surface area contributed by atoms with E-state index in [2.05, 4.69) is 37.2 Å². The van der Waals surface area contributed by atoms with E-state index in [1.54, 1.807) is 18.2 Å². The average molecular weight is 553 g/mol. The second-order valence-electron chi connectivity index (χ2n) is 6.94. The molecule has 2 N–H and O–H groups in total. The number of rotatable bonds is 9. The van der Waals surface area contributed by atoms with Gasteiger partial charge in [-0.05, 0) is 93.1 Å². The molecule has 164 valence electrons. The van der Waals surface area contributed by atoms with Crippen molar-refractivity contribution < 1.29 is 27.8 Å². The Labute approximate surface area is 190 Å². The van der Waals surface area contributed by atoms with Crippen LogP contribution in [0.3, 0.4) is 0 Å². The molecule has 1 unspecified atom stereocenters. The summed E-state index contributed by atoms with van der Waals surface area (Å²) >= 11 is 6.77. The number of aliphatic carboxylic acids is 1. The van der Waals surface area contributed by atoms with Gasteiger partial charge in [-0.15, -0.1) is 0 Å². The number of carboxylic acids is 1. The smallest absolute Gasteiger partial charge is 0.416 e. The van der Waals surface area contributed by atoms with E-state index >= 15 is 0 Å². The van der Waals surface area contributed by atoms with Gasteiger partial charge in [-0.1, -0.05) is 6.92 Å². The molecule has 2 rings (SSSR count). The summed E-state index contributed by atoms with van der Waals surface area (Å²) in [5, 5.41) is 11.9. The molecule has 0 saturated heterocycles. The molecule has 0 aliphatic heterocycles. The summed E-state index contributed by atoms with van der Waals surface area (Å²) in [4.78, 5) is 10.7. The first kappa shape index (κ1) is 24.5. The maximum Gasteiger partial charge on any atom is 0.416 e. The van der Waals surface area contributed by atoms with Gasteiger partial charge in [0.2, 0.25) is 0 Å². The minimum Gasteiger partial charge on any atom is -0.487 e. The molecule has 2 aromatic rings. The van der Waals surface area contributed by atoms with E-state index in [-0.39, 0.29) is 19.1 Å². The number of nitrogens with one attached hydrogen (secondary N) is 1. The summed E-state index contributed by atoms with van der Waals surface area (Å²) in [6, 6.07) is 7.33. The van der Waals surface area contributed by atoms with Crippen molar-refractivity contribution in [3.05, 3.63) is 56.0 Å². The van der Waals surface area contributed by atoms with Gasteiger partial charge >= 0.3 is 12.1 Å². The lowest BCUT2D eigenvalue weighted by Crippen LogP contribution is -2.15. The predicted octanol–water partition coefficient (Wildman–Crippen LogP) is 7.04. The molecule has 0 aromatic heterocycles. The minimum absolute atomic E-state index is 0.00468. The third kappa shape index (κ3) is 7.19. The van der Waals surface area contributed by atoms with E-state index in [1.165, 1.54) is 0 Å². The van der Waals surface area contributed by atoms with Gasteiger partial charge in [-0.25, -0.2) is 0 Å². The zero-order valence-corrected chi connectivity index (χ0v) is 19.6. The highest BCUT2D eigenvalue weighted by Gasteiger charge is 2.31. The fourth-order valence-electron chi connectivity index (χ4n) is 2.71. The van der Waals surface area contributed by atoms with E-state index in [4.69, 9.17) is 9.84 Å². The van der Waals surface area contributed by atoms with Crippen molar-refractivity contribution in [2.24, 2.45) is 0 Å². The van der Waals surface area contributed by atoms with Crippen molar-refractivity contribution in [1.29, 1.82) is 0 Å². The van der Waals surface area contributed by atoms with Gasteiger partial charge in [0.25, 0.3) is 0 Å². The standard InChI is InChI=1S/C21H22Br2F3NO3/c1-3-12(2)27-16-7-14(6-15(10-16)21(24,25)26)11-30-20-17(22)8-13(9-18(20)23)4-5-19(28)29/h6-10,12,27H,3-5,11H2,1-2H3,(H,28,29). The number of alkyl halides is 3. The van der Waals surface area contributed by atoms with Crippen LogP contribution in [0.2, 0.25) is 0 Å². The van der Waals surface area contributed by atoms with Crippen LogP contribution >= 0.6 is 31.9 Å². The molecule has 0 spiro atoms. The number of carboxylic acid groups (broad SMARTS) is 1. The largest absolute Gasteiger partial charge is 0.487 e. The monoisotopic (exact) mass is 551 g/mol. The number of halogens is 5. The highest BCUT2D eigenvalue weighted by atomic mass is 79.9. The number of benzene rings is 2. The summed E-state index contributed by atoms with van der Waals surface area (Å²) in [5.74, 6) is -0.461. The fourth-order valence-corrected chi connectivity index (χ4v) is 4.22. The Hall–Kier alpha value is -1.74. The lowest BCUT2D eigenvalue weighted by molar-refractivity contribution is -0.138. The van der Waals surface area contributed by atoms with E-state index in [1.807, 2.05) is 13.8 Å². The number of ether oxygens (including phenoxy) is 1. The zero-order chi connectivity index (χ0) is 22.5. The average Bonchev–Trinajstić information content (AvgIpc) is 2.64. The van der Waals surface area contributed by atoms with Crippen LogP contribution in [0.15, 0.2) is 39.3 Å². The Kier molecular flexibility index (Phi) is 8.61. The number of anilines is 1. The first-order chi connectivity index (χ1) is 14.0. The molecule has 30 heavy (non-hydrogen) atoms. The van der Waals surface area contributed by atoms with Crippen molar-refractivity contribution in [2.75, 3.05) is 5.32 Å². The Morgan fingerprint density at radius 1 is 1.13 bits per heavy atom. The number of aryl methyl sites for hydroxylation is 1. The van der Waals surface area contributed by atoms with Gasteiger partial charge < -0.3 is 15.2 Å². The summed E-state index contributed by atoms with van der Waals surface area (Å²) in [6.45, 7) is 3.78. The summed E-state index contributed by atoms with van der Waals surface area (Å²) < 4.78 is 46.9. The Bertz CT molecular complexity index is 881. The molecule has 0 radical (unpaired) electrons. The summed E-state index contributed by atoms with van der Waals surface area (Å²) in [5.41, 5.74) is 0.823. The van der Waals surface area contributed by atoms with Gasteiger partial charge in [0.05, 0.1) is 14.5 Å². The number of carbonyl (C=O) groups is 1. The second-order valence-corrected chi connectivity index (χ2v) is 8.65. The van der Waals surface area contributed by atoms with Gasteiger partial charge in [0, 0.05) is 18.2 Å². The normalized spacial score (nSPS) is 12.5. The quantitative estimate of drug-likeness (QED) is 0.350. The zero-order valence-electron chi connectivity index (χ0n) is 16.4. The molecule has 0 saturated carbocycles. The van der Waals surface area contributed by atoms with E-state index in [9.17, 15) is 18.0 Å². The topological polar surface area (TPSA) is 58.6 Å². The molecule has 0 amide bonds. The molecule has 0 bridgehead atoms. The first-order valence-corrected chi connectivity index (χ1v) is 10.9. The third-order valence-corrected chi connectivity index (χ3v) is 5.59. The van der Waals surface area contributed by atoms with Crippen molar-refractivity contribution in [2.45, 2.75) is 51.9 Å². The molecule has 0 aliphatic carbocycles. The van der Waals surface area contributed by atoms with Gasteiger partial charge in [0.1, 0.15) is 12.4 Å². The summed E-state index contributed by atoms with van der Waals surface area (Å²) in [7, 11) is 0. The van der Waals surface area contributed by atoms with Crippen LogP contribution in [0.4, 0.5) is 18.9 Å². The van der Waals surface area contributed by atoms with E-state index in [0.717, 1.165) is 24.1 Å². The predicted molar refractivity (Wildman–Crippen MR) is 117 cm³/mol. The van der Waals surface area contributed by atoms with E-state index < -0.39 is 17.7 Å². The van der Waals surface area contributed by atoms with Crippen molar-refractivity contribution in [3.8, 4) is 5.75 Å². The number of hydrogen-bond acceptors (Lipinski definition) is 3. The molecule has 0 aliphatic rings. The number of hydrogen-bond donors (Lipinski definition) is 2. The molecule has 9 heteroatoms. The highest BCUT2D eigenvalue weighted by Crippen LogP contribution is 2.37. The molecule has 0 heterocycles. The molecular formula is C21H22Br2F3NO3. The SMILES string of the molecule is CCC(C)Nc1cc(COc2c(Br)cc(CCC(=O)O)cc2Br)cc(C(F)(F)F)c1. The van der Waals surface area contributed by atoms with Crippen LogP contribution in [-0.2, 0) is 24.0 Å². The van der Waals surface area contributed by atoms with E-state index in [0.29, 0.717) is 32.4 Å². The van der Waals surface area contributed by atoms with Crippen LogP contribution < -0.4 is 10.1 Å². The van der Waals surface area contributed by atoms with Crippen LogP contribution in [0.25, 0.3) is 0 Å². The van der Waals surface area contributed by atoms with Gasteiger partial charge in [-0.3, -0.25) is 4.79 Å². The lowest BCUT2D eigenvalue weighted by Gasteiger charge is -2.18. The Balaban J connectivity index is 2.23. The lowest BCUT2D eigenvalue weighted by atomic mass is 10.1.